The molecule has 0 aromatic heterocycles. The molecular formula is C13H18ClFN2. The number of rotatable bonds is 3. The third-order valence-corrected chi connectivity index (χ3v) is 3.50. The van der Waals surface area contributed by atoms with Crippen molar-refractivity contribution in [1.82, 2.24) is 4.90 Å². The first-order valence-corrected chi connectivity index (χ1v) is 6.45. The number of hydrogen-bond donors (Lipinski definition) is 1. The molecule has 2 nitrogen and oxygen atoms in total. The lowest BCUT2D eigenvalue weighted by atomic mass is 10.0. The Morgan fingerprint density at radius 2 is 2.24 bits per heavy atom. The number of hydrogen-bond acceptors (Lipinski definition) is 2. The number of nitrogens with two attached hydrogens (primary N) is 1. The first-order valence-electron chi connectivity index (χ1n) is 6.07. The summed E-state index contributed by atoms with van der Waals surface area (Å²) in [5, 5.41) is 0.440. The Morgan fingerprint density at radius 3 is 2.88 bits per heavy atom. The Kier molecular flexibility index (Phi) is 4.02. The van der Waals surface area contributed by atoms with Gasteiger partial charge in [-0.05, 0) is 43.1 Å². The summed E-state index contributed by atoms with van der Waals surface area (Å²) in [6.45, 7) is 4.11. The van der Waals surface area contributed by atoms with Crippen LogP contribution in [0, 0.1) is 5.82 Å². The van der Waals surface area contributed by atoms with Crippen molar-refractivity contribution in [2.24, 2.45) is 5.73 Å². The molecule has 2 atom stereocenters. The Hall–Kier alpha value is -0.640. The summed E-state index contributed by atoms with van der Waals surface area (Å²) >= 11 is 5.90. The molecule has 0 radical (unpaired) electrons. The smallest absolute Gasteiger partial charge is 0.125 e. The van der Waals surface area contributed by atoms with Gasteiger partial charge in [0.05, 0.1) is 6.04 Å². The average molecular weight is 257 g/mol. The molecular weight excluding hydrogens is 239 g/mol. The van der Waals surface area contributed by atoms with E-state index in [1.807, 2.05) is 6.07 Å². The van der Waals surface area contributed by atoms with Gasteiger partial charge < -0.3 is 5.73 Å². The van der Waals surface area contributed by atoms with Gasteiger partial charge in [0.15, 0.2) is 0 Å². The van der Waals surface area contributed by atoms with Crippen molar-refractivity contribution < 1.29 is 4.39 Å². The van der Waals surface area contributed by atoms with Crippen molar-refractivity contribution in [3.05, 3.63) is 34.6 Å². The topological polar surface area (TPSA) is 29.3 Å². The monoisotopic (exact) mass is 256 g/mol. The SMILES string of the molecule is CCCN1CC[C@H](N)[C@H]1c1cc(F)cc(Cl)c1. The number of benzene rings is 1. The van der Waals surface area contributed by atoms with E-state index in [1.54, 1.807) is 6.07 Å². The number of nitrogens with zero attached hydrogens (tertiary/aromatic N) is 1. The van der Waals surface area contributed by atoms with Crippen molar-refractivity contribution in [3.63, 3.8) is 0 Å². The molecule has 1 fully saturated rings. The largest absolute Gasteiger partial charge is 0.326 e. The average Bonchev–Trinajstić information content (AvgIpc) is 2.59. The molecule has 1 aliphatic heterocycles. The maximum Gasteiger partial charge on any atom is 0.125 e. The van der Waals surface area contributed by atoms with Gasteiger partial charge in [-0.25, -0.2) is 4.39 Å². The molecule has 1 aliphatic rings. The Balaban J connectivity index is 2.29. The molecule has 2 rings (SSSR count). The molecule has 2 N–H and O–H groups in total. The number of halogens is 2. The lowest BCUT2D eigenvalue weighted by Crippen LogP contribution is -2.32. The maximum absolute atomic E-state index is 13.4. The molecule has 0 bridgehead atoms. The van der Waals surface area contributed by atoms with Crippen LogP contribution in [0.15, 0.2) is 18.2 Å². The molecule has 0 amide bonds. The summed E-state index contributed by atoms with van der Waals surface area (Å²) in [6, 6.07) is 4.87. The first kappa shape index (κ1) is 12.8. The fourth-order valence-corrected chi connectivity index (χ4v) is 2.85. The van der Waals surface area contributed by atoms with Gasteiger partial charge in [0.25, 0.3) is 0 Å². The first-order chi connectivity index (χ1) is 8.11. The van der Waals surface area contributed by atoms with Gasteiger partial charge in [-0.15, -0.1) is 0 Å². The molecule has 1 aromatic rings. The summed E-state index contributed by atoms with van der Waals surface area (Å²) in [5.74, 6) is -0.289. The molecule has 0 unspecified atom stereocenters. The quantitative estimate of drug-likeness (QED) is 0.901. The summed E-state index contributed by atoms with van der Waals surface area (Å²) in [5.41, 5.74) is 7.02. The van der Waals surface area contributed by atoms with Crippen LogP contribution in [0.1, 0.15) is 31.4 Å². The van der Waals surface area contributed by atoms with Crippen molar-refractivity contribution in [2.45, 2.75) is 31.8 Å². The second kappa shape index (κ2) is 5.34. The second-order valence-electron chi connectivity index (χ2n) is 4.64. The van der Waals surface area contributed by atoms with Crippen LogP contribution in [-0.2, 0) is 0 Å². The lowest BCUT2D eigenvalue weighted by molar-refractivity contribution is 0.248. The highest BCUT2D eigenvalue weighted by Crippen LogP contribution is 2.32. The van der Waals surface area contributed by atoms with Crippen molar-refractivity contribution >= 4 is 11.6 Å². The minimum absolute atomic E-state index is 0.0689. The van der Waals surface area contributed by atoms with Crippen LogP contribution < -0.4 is 5.73 Å². The molecule has 1 aromatic carbocycles. The van der Waals surface area contributed by atoms with E-state index in [2.05, 4.69) is 11.8 Å². The highest BCUT2D eigenvalue weighted by molar-refractivity contribution is 6.30. The highest BCUT2D eigenvalue weighted by Gasteiger charge is 2.32. The standard InChI is InChI=1S/C13H18ClFN2/c1-2-4-17-5-3-12(16)13(17)9-6-10(14)8-11(15)7-9/h6-8,12-13H,2-5,16H2,1H3/t12-,13+/m0/s1. The maximum atomic E-state index is 13.4. The molecule has 0 saturated carbocycles. The van der Waals surface area contributed by atoms with Gasteiger partial charge in [-0.1, -0.05) is 18.5 Å². The van der Waals surface area contributed by atoms with E-state index in [9.17, 15) is 4.39 Å². The zero-order chi connectivity index (χ0) is 12.4. The summed E-state index contributed by atoms with van der Waals surface area (Å²) in [7, 11) is 0. The lowest BCUT2D eigenvalue weighted by Gasteiger charge is -2.26. The molecule has 0 spiro atoms. The van der Waals surface area contributed by atoms with Gasteiger partial charge in [-0.2, -0.15) is 0 Å². The predicted octanol–water partition coefficient (Wildman–Crippen LogP) is 2.96. The highest BCUT2D eigenvalue weighted by atomic mass is 35.5. The third kappa shape index (κ3) is 2.79. The molecule has 1 saturated heterocycles. The Morgan fingerprint density at radius 1 is 1.47 bits per heavy atom. The summed E-state index contributed by atoms with van der Waals surface area (Å²) < 4.78 is 13.4. The van der Waals surface area contributed by atoms with Crippen LogP contribution in [0.4, 0.5) is 4.39 Å². The summed E-state index contributed by atoms with van der Waals surface area (Å²) in [6.07, 6.45) is 2.03. The van der Waals surface area contributed by atoms with E-state index < -0.39 is 0 Å². The molecule has 1 heterocycles. The van der Waals surface area contributed by atoms with E-state index in [-0.39, 0.29) is 17.9 Å². The molecule has 0 aliphatic carbocycles. The van der Waals surface area contributed by atoms with Crippen LogP contribution >= 0.6 is 11.6 Å². The predicted molar refractivity (Wildman–Crippen MR) is 68.6 cm³/mol. The zero-order valence-electron chi connectivity index (χ0n) is 10.00. The minimum atomic E-state index is -0.289. The molecule has 94 valence electrons. The van der Waals surface area contributed by atoms with Crippen LogP contribution in [0.5, 0.6) is 0 Å². The van der Waals surface area contributed by atoms with E-state index >= 15 is 0 Å². The Labute approximate surface area is 107 Å². The fourth-order valence-electron chi connectivity index (χ4n) is 2.62. The molecule has 17 heavy (non-hydrogen) atoms. The van der Waals surface area contributed by atoms with Gasteiger partial charge in [-0.3, -0.25) is 4.90 Å². The van der Waals surface area contributed by atoms with E-state index in [0.717, 1.165) is 31.5 Å². The van der Waals surface area contributed by atoms with Crippen molar-refractivity contribution in [1.29, 1.82) is 0 Å². The van der Waals surface area contributed by atoms with E-state index in [1.165, 1.54) is 6.07 Å². The van der Waals surface area contributed by atoms with E-state index in [0.29, 0.717) is 5.02 Å². The zero-order valence-corrected chi connectivity index (χ0v) is 10.8. The van der Waals surface area contributed by atoms with Crippen LogP contribution in [0.2, 0.25) is 5.02 Å². The normalized spacial score (nSPS) is 25.4. The van der Waals surface area contributed by atoms with E-state index in [4.69, 9.17) is 17.3 Å². The van der Waals surface area contributed by atoms with Gasteiger partial charge in [0.1, 0.15) is 5.82 Å². The Bertz CT molecular complexity index is 375. The number of likely N-dealkylation sites (tertiary alicyclic amines) is 1. The van der Waals surface area contributed by atoms with Gasteiger partial charge in [0.2, 0.25) is 0 Å². The second-order valence-corrected chi connectivity index (χ2v) is 5.07. The van der Waals surface area contributed by atoms with Crippen molar-refractivity contribution in [2.75, 3.05) is 13.1 Å². The van der Waals surface area contributed by atoms with Crippen LogP contribution in [0.25, 0.3) is 0 Å². The van der Waals surface area contributed by atoms with Crippen molar-refractivity contribution in [3.8, 4) is 0 Å². The van der Waals surface area contributed by atoms with Gasteiger partial charge >= 0.3 is 0 Å². The van der Waals surface area contributed by atoms with Crippen LogP contribution in [0.3, 0.4) is 0 Å². The molecule has 4 heteroatoms. The fraction of sp³-hybridized carbons (Fsp3) is 0.538. The van der Waals surface area contributed by atoms with Gasteiger partial charge in [0, 0.05) is 17.6 Å². The van der Waals surface area contributed by atoms with Crippen LogP contribution in [-0.4, -0.2) is 24.0 Å². The summed E-state index contributed by atoms with van der Waals surface area (Å²) in [4.78, 5) is 2.32. The third-order valence-electron chi connectivity index (χ3n) is 3.29. The minimum Gasteiger partial charge on any atom is -0.326 e.